The van der Waals surface area contributed by atoms with Crippen LogP contribution in [0.5, 0.6) is 0 Å². The Hall–Kier alpha value is -7.16. The molecule has 2 aliphatic carbocycles. The van der Waals surface area contributed by atoms with E-state index in [0.717, 1.165) is 22.7 Å². The molecule has 10 aromatic carbocycles. The molecule has 10 aromatic rings. The van der Waals surface area contributed by atoms with Gasteiger partial charge in [-0.3, -0.25) is 0 Å². The summed E-state index contributed by atoms with van der Waals surface area (Å²) in [5, 5.41) is 7.65. The first kappa shape index (κ1) is 44.1. The molecule has 0 amide bonds. The van der Waals surface area contributed by atoms with Gasteiger partial charge in [-0.25, -0.2) is 0 Å². The fourth-order valence-electron chi connectivity index (χ4n) is 12.2. The Bertz CT molecular complexity index is 3100. The molecule has 0 heterocycles. The minimum absolute atomic E-state index is 0.650. The second kappa shape index (κ2) is 18.6. The van der Waals surface area contributed by atoms with E-state index in [9.17, 15) is 0 Å². The zero-order chi connectivity index (χ0) is 47.3. The maximum atomic E-state index is 2.50. The summed E-state index contributed by atoms with van der Waals surface area (Å²) in [7, 11) is 0. The highest BCUT2D eigenvalue weighted by Gasteiger charge is 2.27. The summed E-state index contributed by atoms with van der Waals surface area (Å²) >= 11 is 0. The molecule has 2 heteroatoms. The van der Waals surface area contributed by atoms with Gasteiger partial charge in [-0.1, -0.05) is 182 Å². The number of aryl methyl sites for hydroxylation is 4. The number of benzene rings is 10. The molecule has 12 rings (SSSR count). The van der Waals surface area contributed by atoms with Crippen LogP contribution in [0.4, 0.5) is 34.1 Å². The van der Waals surface area contributed by atoms with Crippen molar-refractivity contribution in [3.63, 3.8) is 0 Å². The Kier molecular flexibility index (Phi) is 11.7. The lowest BCUT2D eigenvalue weighted by atomic mass is 9.82. The van der Waals surface area contributed by atoms with E-state index in [1.54, 1.807) is 0 Å². The van der Waals surface area contributed by atoms with Crippen LogP contribution in [-0.2, 0) is 0 Å². The van der Waals surface area contributed by atoms with E-state index in [4.69, 9.17) is 0 Å². The van der Waals surface area contributed by atoms with Gasteiger partial charge in [-0.2, -0.15) is 0 Å². The van der Waals surface area contributed by atoms with E-state index >= 15 is 0 Å². The number of hydrogen-bond acceptors (Lipinski definition) is 2. The summed E-state index contributed by atoms with van der Waals surface area (Å²) in [5.74, 6) is 1.30. The van der Waals surface area contributed by atoms with Crippen molar-refractivity contribution in [2.75, 3.05) is 9.80 Å². The minimum Gasteiger partial charge on any atom is -0.310 e. The van der Waals surface area contributed by atoms with E-state index in [1.807, 2.05) is 0 Å². The molecule has 2 nitrogen and oxygen atoms in total. The molecule has 0 aromatic heterocycles. The van der Waals surface area contributed by atoms with Gasteiger partial charge in [0.1, 0.15) is 0 Å². The van der Waals surface area contributed by atoms with Crippen molar-refractivity contribution in [2.24, 2.45) is 0 Å². The zero-order valence-electron chi connectivity index (χ0n) is 41.4. The standard InChI is InChI=1S/C68H64N2/c1-45-15-31-55(32-16-45)69(56-33-17-46(2)18-34-56)65-43-63(53-27-23-51(24-28-53)49-11-7-5-8-12-49)59-40-42-62-66(70(57-35-19-47(3)20-36-57)58-37-21-48(4)22-38-58)44-64(60-39-41-61(65)67(59)68(60)62)54-29-25-52(26-30-54)50-13-9-6-10-14-50/h15-44,49-50H,5-14H2,1-4H3. The summed E-state index contributed by atoms with van der Waals surface area (Å²) in [5.41, 5.74) is 19.9. The molecular formula is C68H64N2. The lowest BCUT2D eigenvalue weighted by Crippen LogP contribution is -2.12. The van der Waals surface area contributed by atoms with Gasteiger partial charge in [0, 0.05) is 44.3 Å². The average molecular weight is 909 g/mol. The van der Waals surface area contributed by atoms with E-state index in [-0.39, 0.29) is 0 Å². The van der Waals surface area contributed by atoms with Gasteiger partial charge >= 0.3 is 0 Å². The van der Waals surface area contributed by atoms with Crippen molar-refractivity contribution in [1.29, 1.82) is 0 Å². The Morgan fingerprint density at radius 2 is 0.586 bits per heavy atom. The third-order valence-corrected chi connectivity index (χ3v) is 16.1. The molecule has 0 radical (unpaired) electrons. The van der Waals surface area contributed by atoms with Crippen LogP contribution in [0.25, 0.3) is 54.6 Å². The van der Waals surface area contributed by atoms with E-state index in [1.165, 1.54) is 164 Å². The normalized spacial score (nSPS) is 14.7. The first-order valence-corrected chi connectivity index (χ1v) is 26.2. The van der Waals surface area contributed by atoms with Crippen molar-refractivity contribution < 1.29 is 0 Å². The fraction of sp³-hybridized carbons (Fsp3) is 0.235. The van der Waals surface area contributed by atoms with E-state index < -0.39 is 0 Å². The molecule has 0 atom stereocenters. The first-order valence-electron chi connectivity index (χ1n) is 26.2. The first-order chi connectivity index (χ1) is 34.3. The molecule has 0 spiro atoms. The van der Waals surface area contributed by atoms with Crippen LogP contribution in [0.1, 0.15) is 109 Å². The minimum atomic E-state index is 0.650. The van der Waals surface area contributed by atoms with Crippen molar-refractivity contribution in [3.8, 4) is 22.3 Å². The number of anilines is 6. The summed E-state index contributed by atoms with van der Waals surface area (Å²) < 4.78 is 0. The van der Waals surface area contributed by atoms with Crippen molar-refractivity contribution in [1.82, 2.24) is 0 Å². The summed E-state index contributed by atoms with van der Waals surface area (Å²) in [4.78, 5) is 5.00. The van der Waals surface area contributed by atoms with Crippen LogP contribution in [0.2, 0.25) is 0 Å². The molecule has 2 fully saturated rings. The van der Waals surface area contributed by atoms with Gasteiger partial charge in [0.25, 0.3) is 0 Å². The predicted molar refractivity (Wildman–Crippen MR) is 301 cm³/mol. The summed E-state index contributed by atoms with van der Waals surface area (Å²) in [6.07, 6.45) is 13.2. The van der Waals surface area contributed by atoms with Crippen LogP contribution in [-0.4, -0.2) is 0 Å². The van der Waals surface area contributed by atoms with Crippen molar-refractivity contribution in [3.05, 3.63) is 215 Å². The number of nitrogens with zero attached hydrogens (tertiary/aromatic N) is 2. The predicted octanol–water partition coefficient (Wildman–Crippen LogP) is 20.2. The van der Waals surface area contributed by atoms with Gasteiger partial charge in [0.2, 0.25) is 0 Å². The maximum Gasteiger partial charge on any atom is 0.0546 e. The smallest absolute Gasteiger partial charge is 0.0546 e. The monoisotopic (exact) mass is 909 g/mol. The van der Waals surface area contributed by atoms with Gasteiger partial charge in [-0.15, -0.1) is 0 Å². The average Bonchev–Trinajstić information content (AvgIpc) is 3.41. The van der Waals surface area contributed by atoms with Crippen molar-refractivity contribution >= 4 is 66.4 Å². The maximum absolute atomic E-state index is 2.50. The zero-order valence-corrected chi connectivity index (χ0v) is 41.4. The van der Waals surface area contributed by atoms with E-state index in [0.29, 0.717) is 11.8 Å². The highest BCUT2D eigenvalue weighted by molar-refractivity contribution is 6.32. The molecule has 0 aliphatic heterocycles. The van der Waals surface area contributed by atoms with Gasteiger partial charge in [0.15, 0.2) is 0 Å². The fourth-order valence-corrected chi connectivity index (χ4v) is 12.2. The van der Waals surface area contributed by atoms with Crippen molar-refractivity contribution in [2.45, 2.75) is 104 Å². The molecule has 70 heavy (non-hydrogen) atoms. The van der Waals surface area contributed by atoms with Crippen LogP contribution in [0.15, 0.2) is 182 Å². The molecule has 2 aliphatic rings. The van der Waals surface area contributed by atoms with Crippen LogP contribution >= 0.6 is 0 Å². The Morgan fingerprint density at radius 1 is 0.300 bits per heavy atom. The third kappa shape index (κ3) is 8.22. The van der Waals surface area contributed by atoms with Gasteiger partial charge < -0.3 is 9.80 Å². The molecule has 0 saturated heterocycles. The van der Waals surface area contributed by atoms with Gasteiger partial charge in [0.05, 0.1) is 11.4 Å². The quantitative estimate of drug-likeness (QED) is 0.126. The second-order valence-electron chi connectivity index (χ2n) is 20.9. The number of rotatable bonds is 10. The number of hydrogen-bond donors (Lipinski definition) is 0. The second-order valence-corrected chi connectivity index (χ2v) is 20.9. The largest absolute Gasteiger partial charge is 0.310 e. The molecule has 2 saturated carbocycles. The summed E-state index contributed by atoms with van der Waals surface area (Å²) in [6, 6.07) is 70.5. The lowest BCUT2D eigenvalue weighted by molar-refractivity contribution is 0.443. The molecular weight excluding hydrogens is 845 g/mol. The van der Waals surface area contributed by atoms with Crippen LogP contribution in [0.3, 0.4) is 0 Å². The Labute approximate surface area is 415 Å². The molecule has 0 bridgehead atoms. The molecule has 0 N–H and O–H groups in total. The highest BCUT2D eigenvalue weighted by Crippen LogP contribution is 2.52. The molecule has 0 unspecified atom stereocenters. The Balaban J connectivity index is 1.18. The third-order valence-electron chi connectivity index (χ3n) is 16.1. The summed E-state index contributed by atoms with van der Waals surface area (Å²) in [6.45, 7) is 8.72. The van der Waals surface area contributed by atoms with Gasteiger partial charge in [-0.05, 0) is 170 Å². The SMILES string of the molecule is Cc1ccc(N(c2ccc(C)cc2)c2cc(-c3ccc(C4CCCCC4)cc3)c3ccc4c(N(c5ccc(C)cc5)c5ccc(C)cc5)cc(-c5ccc(C6CCCCC6)cc5)c5ccc2c3c54)cc1. The van der Waals surface area contributed by atoms with Crippen LogP contribution < -0.4 is 9.80 Å². The van der Waals surface area contributed by atoms with Crippen LogP contribution in [0, 0.1) is 27.7 Å². The van der Waals surface area contributed by atoms with E-state index in [2.05, 4.69) is 219 Å². The highest BCUT2D eigenvalue weighted by atomic mass is 15.1. The topological polar surface area (TPSA) is 6.48 Å². The molecule has 346 valence electrons. The lowest BCUT2D eigenvalue weighted by Gasteiger charge is -2.31. The Morgan fingerprint density at radius 3 is 0.886 bits per heavy atom.